The summed E-state index contributed by atoms with van der Waals surface area (Å²) in [6, 6.07) is -0.238. The van der Waals surface area contributed by atoms with Crippen LogP contribution in [-0.2, 0) is 56.7 Å². The van der Waals surface area contributed by atoms with E-state index in [4.69, 9.17) is 0 Å². The number of aliphatic carboxylic acids is 1. The number of aliphatic hydroxyl groups excluding tert-OH is 1. The molecule has 2 heterocycles. The first kappa shape index (κ1) is 61.9. The second kappa shape index (κ2) is 26.4. The van der Waals surface area contributed by atoms with Gasteiger partial charge in [-0.15, -0.1) is 6.58 Å². The van der Waals surface area contributed by atoms with E-state index in [-0.39, 0.29) is 49.7 Å². The van der Waals surface area contributed by atoms with Crippen molar-refractivity contribution in [3.05, 3.63) is 94.7 Å². The van der Waals surface area contributed by atoms with Gasteiger partial charge in [0, 0.05) is 56.5 Å². The fourth-order valence-electron chi connectivity index (χ4n) is 9.06. The Hall–Kier alpha value is -7.66. The van der Waals surface area contributed by atoms with Crippen LogP contribution in [0.4, 0.5) is 5.69 Å². The maximum absolute atomic E-state index is 15.3. The molecule has 0 spiro atoms. The maximum Gasteiger partial charge on any atom is 0.335 e. The third-order valence-corrected chi connectivity index (χ3v) is 13.7. The predicted molar refractivity (Wildman–Crippen MR) is 285 cm³/mol. The number of aliphatic hydroxyl groups is 2. The number of hydrogen-bond donors (Lipinski definition) is 9. The number of carboxylic acid groups (broad SMARTS) is 1. The van der Waals surface area contributed by atoms with Crippen molar-refractivity contribution in [3.63, 3.8) is 0 Å². The Morgan fingerprint density at radius 2 is 1.35 bits per heavy atom. The third kappa shape index (κ3) is 15.5. The van der Waals surface area contributed by atoms with E-state index in [0.29, 0.717) is 16.5 Å². The summed E-state index contributed by atoms with van der Waals surface area (Å²) in [5.74, 6) is -9.50. The van der Waals surface area contributed by atoms with Gasteiger partial charge in [-0.2, -0.15) is 0 Å². The van der Waals surface area contributed by atoms with Gasteiger partial charge in [-0.05, 0) is 82.1 Å². The summed E-state index contributed by atoms with van der Waals surface area (Å²) in [5.41, 5.74) is -3.10. The molecule has 2 aromatic carbocycles. The molecular weight excluding hydrogens is 999 g/mol. The van der Waals surface area contributed by atoms with Gasteiger partial charge in [0.05, 0.1) is 17.1 Å². The van der Waals surface area contributed by atoms with Crippen LogP contribution in [0.5, 0.6) is 5.75 Å². The van der Waals surface area contributed by atoms with Crippen LogP contribution in [0.25, 0.3) is 10.9 Å². The first-order chi connectivity index (χ1) is 36.0. The van der Waals surface area contributed by atoms with Crippen molar-refractivity contribution >= 4 is 63.9 Å². The first-order valence-corrected chi connectivity index (χ1v) is 25.4. The molecule has 7 amide bonds. The van der Waals surface area contributed by atoms with Gasteiger partial charge in [-0.25, -0.2) is 4.79 Å². The quantitative estimate of drug-likeness (QED) is 0.0533. The lowest BCUT2D eigenvalue weighted by atomic mass is 9.94. The van der Waals surface area contributed by atoms with Crippen LogP contribution in [0.2, 0.25) is 0 Å². The summed E-state index contributed by atoms with van der Waals surface area (Å²) in [5, 5.41) is 67.6. The number of carbonyl (C=O) groups excluding carboxylic acids is 7. The van der Waals surface area contributed by atoms with E-state index in [2.05, 4.69) is 33.2 Å². The number of carboxylic acids is 1. The largest absolute Gasteiger partial charge is 0.502 e. The molecule has 23 nitrogen and oxygen atoms in total. The molecule has 1 saturated heterocycles. The highest BCUT2D eigenvalue weighted by atomic mass is 16.6. The van der Waals surface area contributed by atoms with Crippen LogP contribution in [0.3, 0.4) is 0 Å². The highest BCUT2D eigenvalue weighted by Gasteiger charge is 2.43. The SMILES string of the molecule is C=C[C@](C)(CO)n1cc(C[C@@H]2NC(=O)[C@H](CC=CC)NC(=O)[C@H](CC(C)C)NC(=O)[C@H](C[C@@](C)(O)C(=O)O)N(C)C(=O)[C@H](C)NC(=O)[C@H](Cc3ccc(O)c([N+](=O)[O-])c3)NC(=O)[C@H](CC(C)C)N(C)C2=O)c2ccccc21. The number of phenols is 1. The molecule has 420 valence electrons. The Kier molecular flexibility index (Phi) is 21.2. The predicted octanol–water partition coefficient (Wildman–Crippen LogP) is 2.33. The molecule has 0 bridgehead atoms. The van der Waals surface area contributed by atoms with Crippen molar-refractivity contribution < 1.29 is 63.7 Å². The number of fused-ring (bicyclic) bond motifs is 1. The van der Waals surface area contributed by atoms with Gasteiger partial charge in [0.25, 0.3) is 0 Å². The number of nitrogens with one attached hydrogen (secondary N) is 5. The molecule has 1 fully saturated rings. The lowest BCUT2D eigenvalue weighted by Gasteiger charge is -2.34. The van der Waals surface area contributed by atoms with E-state index in [1.54, 1.807) is 88.7 Å². The second-order valence-corrected chi connectivity index (χ2v) is 21.0. The summed E-state index contributed by atoms with van der Waals surface area (Å²) in [4.78, 5) is 128. The summed E-state index contributed by atoms with van der Waals surface area (Å²) in [6.07, 6.45) is 4.75. The van der Waals surface area contributed by atoms with Crippen LogP contribution in [0.1, 0.15) is 92.2 Å². The monoisotopic (exact) mass is 1070 g/mol. The number of nitro benzene ring substituents is 1. The average Bonchev–Trinajstić information content (AvgIpc) is 3.75. The van der Waals surface area contributed by atoms with Crippen LogP contribution >= 0.6 is 0 Å². The minimum absolute atomic E-state index is 0.0132. The number of hydrogen-bond acceptors (Lipinski definition) is 13. The number of aromatic nitrogens is 1. The fraction of sp³-hybridized carbons (Fsp3) is 0.519. The molecule has 3 aromatic rings. The van der Waals surface area contributed by atoms with Gasteiger partial charge in [-0.1, -0.05) is 70.2 Å². The van der Waals surface area contributed by atoms with Gasteiger partial charge >= 0.3 is 11.7 Å². The van der Waals surface area contributed by atoms with Crippen LogP contribution in [0, 0.1) is 22.0 Å². The number of carbonyl (C=O) groups is 8. The topological polar surface area (TPSA) is 332 Å². The van der Waals surface area contributed by atoms with E-state index in [9.17, 15) is 64.1 Å². The van der Waals surface area contributed by atoms with E-state index in [1.807, 2.05) is 6.07 Å². The number of rotatable bonds is 17. The summed E-state index contributed by atoms with van der Waals surface area (Å²) in [6.45, 7) is 16.2. The molecule has 77 heavy (non-hydrogen) atoms. The highest BCUT2D eigenvalue weighted by Crippen LogP contribution is 2.31. The average molecular weight is 1070 g/mol. The summed E-state index contributed by atoms with van der Waals surface area (Å²) in [7, 11) is 2.47. The molecule has 0 aliphatic carbocycles. The van der Waals surface area contributed by atoms with Crippen LogP contribution in [-0.4, -0.2) is 156 Å². The zero-order chi connectivity index (χ0) is 57.9. The van der Waals surface area contributed by atoms with Gasteiger partial charge in [0.1, 0.15) is 42.3 Å². The number of likely N-dealkylation sites (N-methyl/N-ethyl adjacent to an activating group) is 2. The number of benzene rings is 2. The zero-order valence-electron chi connectivity index (χ0n) is 45.4. The maximum atomic E-state index is 15.3. The van der Waals surface area contributed by atoms with E-state index < -0.39 is 130 Å². The summed E-state index contributed by atoms with van der Waals surface area (Å²) >= 11 is 0. The van der Waals surface area contributed by atoms with Crippen molar-refractivity contribution in [2.75, 3.05) is 20.7 Å². The minimum Gasteiger partial charge on any atom is -0.502 e. The molecule has 9 N–H and O–H groups in total. The third-order valence-electron chi connectivity index (χ3n) is 13.7. The molecule has 0 unspecified atom stereocenters. The first-order valence-electron chi connectivity index (χ1n) is 25.4. The van der Waals surface area contributed by atoms with Crippen LogP contribution < -0.4 is 26.6 Å². The number of allylic oxidation sites excluding steroid dienone is 1. The molecule has 1 aromatic heterocycles. The number of phenolic OH excluding ortho intramolecular Hbond substituents is 1. The van der Waals surface area contributed by atoms with Crippen molar-refractivity contribution in [2.24, 2.45) is 11.8 Å². The lowest BCUT2D eigenvalue weighted by molar-refractivity contribution is -0.385. The molecule has 0 saturated carbocycles. The number of nitro groups is 1. The molecule has 1 aliphatic rings. The van der Waals surface area contributed by atoms with E-state index >= 15 is 4.79 Å². The standard InChI is InChI=1S/C54H75N9O14/c1-12-14-18-36-45(66)59-39(26-34-28-62(53(8,13-2)29-64)40-19-16-15-17-35(34)40)51(72)60(10)42(23-31(5)6)48(69)58-38(24-33-20-21-44(65)41(25-33)63(76)77)46(67)55-32(7)50(71)61(11)43(27-54(9,75)52(73)74)49(70)57-37(22-30(3)4)47(68)56-36/h12-17,19-21,25,28,30-32,36-39,42-43,64-65,75H,2,18,22-24,26-27,29H2,1,3-11H3,(H,55,67)(H,56,68)(H,57,70)(H,58,69)(H,59,66)(H,73,74)/t32-,36-,37-,38-,39-,42-,43-,53+,54+/m0/s1. The molecule has 9 atom stereocenters. The zero-order valence-corrected chi connectivity index (χ0v) is 45.4. The molecule has 1 aliphatic heterocycles. The number of amides is 7. The number of aromatic hydroxyl groups is 1. The minimum atomic E-state index is -2.63. The van der Waals surface area contributed by atoms with Crippen molar-refractivity contribution in [1.82, 2.24) is 41.0 Å². The number of nitrogens with zero attached hydrogens (tertiary/aromatic N) is 4. The molecular formula is C54H75N9O14. The lowest BCUT2D eigenvalue weighted by Crippen LogP contribution is -2.61. The number of para-hydroxylation sites is 1. The van der Waals surface area contributed by atoms with Crippen molar-refractivity contribution in [3.8, 4) is 5.75 Å². The Morgan fingerprint density at radius 3 is 1.94 bits per heavy atom. The van der Waals surface area contributed by atoms with Gasteiger partial charge < -0.3 is 61.4 Å². The summed E-state index contributed by atoms with van der Waals surface area (Å²) < 4.78 is 1.79. The van der Waals surface area contributed by atoms with Crippen molar-refractivity contribution in [1.29, 1.82) is 0 Å². The molecule has 0 radical (unpaired) electrons. The van der Waals surface area contributed by atoms with E-state index in [1.165, 1.54) is 20.0 Å². The molecule has 4 rings (SSSR count). The van der Waals surface area contributed by atoms with Gasteiger partial charge in [0.2, 0.25) is 41.4 Å². The smallest absolute Gasteiger partial charge is 0.335 e. The van der Waals surface area contributed by atoms with Crippen molar-refractivity contribution in [2.45, 2.75) is 147 Å². The van der Waals surface area contributed by atoms with Crippen LogP contribution in [0.15, 0.2) is 73.5 Å². The Balaban J connectivity index is 2.01. The molecule has 23 heteroatoms. The Morgan fingerprint density at radius 1 is 0.792 bits per heavy atom. The second-order valence-electron chi connectivity index (χ2n) is 21.0. The Labute approximate surface area is 447 Å². The van der Waals surface area contributed by atoms with Gasteiger partial charge in [-0.3, -0.25) is 43.7 Å². The van der Waals surface area contributed by atoms with Gasteiger partial charge in [0.15, 0.2) is 11.4 Å². The Bertz CT molecular complexity index is 2740. The van der Waals surface area contributed by atoms with E-state index in [0.717, 1.165) is 35.9 Å². The highest BCUT2D eigenvalue weighted by molar-refractivity contribution is 5.99. The fourth-order valence-corrected chi connectivity index (χ4v) is 9.06. The normalized spacial score (nSPS) is 23.6.